The van der Waals surface area contributed by atoms with Gasteiger partial charge in [-0.05, 0) is 38.7 Å². The van der Waals surface area contributed by atoms with E-state index < -0.39 is 0 Å². The number of hydrogen-bond donors (Lipinski definition) is 2. The quantitative estimate of drug-likeness (QED) is 0.776. The molecule has 3 rings (SSSR count). The molecule has 2 N–H and O–H groups in total. The maximum Gasteiger partial charge on any atom is 0.317 e. The van der Waals surface area contributed by atoms with Crippen LogP contribution in [0.1, 0.15) is 59.4 Å². The molecule has 0 bridgehead atoms. The molecule has 2 aliphatic heterocycles. The number of nitrogens with one attached hydrogen (secondary N) is 2. The van der Waals surface area contributed by atoms with Crippen LogP contribution in [0.4, 0.5) is 4.79 Å². The van der Waals surface area contributed by atoms with Crippen molar-refractivity contribution in [2.75, 3.05) is 19.6 Å². The molecule has 2 heterocycles. The van der Waals surface area contributed by atoms with Crippen LogP contribution in [0.25, 0.3) is 0 Å². The molecule has 2 atom stereocenters. The number of likely N-dealkylation sites (tertiary alicyclic amines) is 1. The predicted octanol–water partition coefficient (Wildman–Crippen LogP) is 3.38. The molecule has 3 amide bonds. The molecule has 0 aromatic heterocycles. The third-order valence-electron chi connectivity index (χ3n) is 6.36. The van der Waals surface area contributed by atoms with Crippen LogP contribution in [0.15, 0.2) is 30.3 Å². The molecule has 0 radical (unpaired) electrons. The Hall–Kier alpha value is -2.08. The van der Waals surface area contributed by atoms with Gasteiger partial charge >= 0.3 is 6.03 Å². The van der Waals surface area contributed by atoms with Gasteiger partial charge in [-0.3, -0.25) is 10.1 Å². The second kappa shape index (κ2) is 8.96. The fourth-order valence-electron chi connectivity index (χ4n) is 4.45. The Balaban J connectivity index is 1.74. The van der Waals surface area contributed by atoms with E-state index in [1.807, 2.05) is 43.9 Å². The zero-order chi connectivity index (χ0) is 21.9. The molecule has 0 aliphatic carbocycles. The number of carbonyl (C=O) groups excluding carboxylic acids is 2. The third kappa shape index (κ3) is 5.15. The van der Waals surface area contributed by atoms with E-state index >= 15 is 0 Å². The monoisotopic (exact) mass is 414 g/mol. The standard InChI is InChI=1S/C24H38N4O2/c1-6-18(2)17-28-21(29)20(16-19-10-8-7-9-11-19)25-24(28)12-14-27(15-13-24)22(30)26-23(3,4)5/h7-11,18,20,25H,6,12-17H2,1-5H3,(H,26,30)/t18-,20-/m1/s1. The molecule has 6 nitrogen and oxygen atoms in total. The molecule has 6 heteroatoms. The van der Waals surface area contributed by atoms with Crippen LogP contribution in [-0.4, -0.2) is 58.6 Å². The number of carbonyl (C=O) groups is 2. The van der Waals surface area contributed by atoms with Crippen molar-refractivity contribution < 1.29 is 9.59 Å². The second-order valence-corrected chi connectivity index (χ2v) is 10.0. The molecule has 2 aliphatic rings. The number of hydrogen-bond acceptors (Lipinski definition) is 3. The first kappa shape index (κ1) is 22.6. The number of piperidine rings is 1. The molecular weight excluding hydrogens is 376 g/mol. The minimum atomic E-state index is -0.349. The minimum absolute atomic E-state index is 0.0176. The van der Waals surface area contributed by atoms with Gasteiger partial charge in [0.15, 0.2) is 0 Å². The molecule has 1 aromatic rings. The van der Waals surface area contributed by atoms with Crippen LogP contribution in [-0.2, 0) is 11.2 Å². The Morgan fingerprint density at radius 1 is 1.23 bits per heavy atom. The van der Waals surface area contributed by atoms with E-state index in [1.54, 1.807) is 0 Å². The highest BCUT2D eigenvalue weighted by Gasteiger charge is 2.51. The summed E-state index contributed by atoms with van der Waals surface area (Å²) in [5, 5.41) is 6.77. The summed E-state index contributed by atoms with van der Waals surface area (Å²) in [6.07, 6.45) is 3.27. The molecular formula is C24H38N4O2. The summed E-state index contributed by atoms with van der Waals surface area (Å²) in [6, 6.07) is 9.99. The molecule has 2 saturated heterocycles. The summed E-state index contributed by atoms with van der Waals surface area (Å²) in [7, 11) is 0. The van der Waals surface area contributed by atoms with Crippen molar-refractivity contribution in [2.45, 2.75) is 77.5 Å². The van der Waals surface area contributed by atoms with Gasteiger partial charge in [0.1, 0.15) is 0 Å². The molecule has 0 saturated carbocycles. The Morgan fingerprint density at radius 2 is 1.87 bits per heavy atom. The fourth-order valence-corrected chi connectivity index (χ4v) is 4.45. The van der Waals surface area contributed by atoms with Crippen LogP contribution in [0.2, 0.25) is 0 Å². The summed E-state index contributed by atoms with van der Waals surface area (Å²) in [6.45, 7) is 12.4. The average molecular weight is 415 g/mol. The maximum absolute atomic E-state index is 13.4. The Bertz CT molecular complexity index is 735. The van der Waals surface area contributed by atoms with Gasteiger partial charge < -0.3 is 15.1 Å². The lowest BCUT2D eigenvalue weighted by atomic mass is 9.94. The van der Waals surface area contributed by atoms with Gasteiger partial charge in [0.2, 0.25) is 5.91 Å². The zero-order valence-electron chi connectivity index (χ0n) is 19.2. The Labute approximate surface area is 181 Å². The van der Waals surface area contributed by atoms with Gasteiger partial charge in [-0.1, -0.05) is 50.6 Å². The van der Waals surface area contributed by atoms with Gasteiger partial charge in [0.25, 0.3) is 0 Å². The van der Waals surface area contributed by atoms with Gasteiger partial charge in [0, 0.05) is 38.0 Å². The number of nitrogens with zero attached hydrogens (tertiary/aromatic N) is 2. The third-order valence-corrected chi connectivity index (χ3v) is 6.36. The number of rotatable bonds is 5. The van der Waals surface area contributed by atoms with Crippen LogP contribution in [0.5, 0.6) is 0 Å². The first-order valence-electron chi connectivity index (χ1n) is 11.3. The van der Waals surface area contributed by atoms with E-state index in [1.165, 1.54) is 5.56 Å². The summed E-state index contributed by atoms with van der Waals surface area (Å²) in [5.74, 6) is 0.650. The molecule has 30 heavy (non-hydrogen) atoms. The number of amides is 3. The molecule has 0 unspecified atom stereocenters. The molecule has 1 aromatic carbocycles. The van der Waals surface area contributed by atoms with Gasteiger partial charge in [0.05, 0.1) is 11.7 Å². The summed E-state index contributed by atoms with van der Waals surface area (Å²) >= 11 is 0. The molecule has 2 fully saturated rings. The zero-order valence-corrected chi connectivity index (χ0v) is 19.2. The normalized spacial score (nSPS) is 22.4. The van der Waals surface area contributed by atoms with Crippen LogP contribution < -0.4 is 10.6 Å². The summed E-state index contributed by atoms with van der Waals surface area (Å²) in [4.78, 5) is 30.0. The fraction of sp³-hybridized carbons (Fsp3) is 0.667. The predicted molar refractivity (Wildman–Crippen MR) is 120 cm³/mol. The van der Waals surface area contributed by atoms with E-state index in [0.717, 1.165) is 25.8 Å². The highest BCUT2D eigenvalue weighted by atomic mass is 16.2. The smallest absolute Gasteiger partial charge is 0.317 e. The van der Waals surface area contributed by atoms with Crippen LogP contribution >= 0.6 is 0 Å². The second-order valence-electron chi connectivity index (χ2n) is 10.0. The van der Waals surface area contributed by atoms with Crippen molar-refractivity contribution in [1.82, 2.24) is 20.4 Å². The summed E-state index contributed by atoms with van der Waals surface area (Å²) < 4.78 is 0. The van der Waals surface area contributed by atoms with Crippen LogP contribution in [0, 0.1) is 5.92 Å². The van der Waals surface area contributed by atoms with Crippen molar-refractivity contribution in [3.8, 4) is 0 Å². The minimum Gasteiger partial charge on any atom is -0.333 e. The highest BCUT2D eigenvalue weighted by Crippen LogP contribution is 2.34. The SMILES string of the molecule is CC[C@@H](C)CN1C(=O)[C@@H](Cc2ccccc2)NC12CCN(C(=O)NC(C)(C)C)CC2. The first-order valence-corrected chi connectivity index (χ1v) is 11.3. The van der Waals surface area contributed by atoms with E-state index in [4.69, 9.17) is 0 Å². The Kier molecular flexibility index (Phi) is 6.75. The van der Waals surface area contributed by atoms with Gasteiger partial charge in [-0.15, -0.1) is 0 Å². The van der Waals surface area contributed by atoms with E-state index in [-0.39, 0.29) is 29.2 Å². The van der Waals surface area contributed by atoms with Gasteiger partial charge in [-0.2, -0.15) is 0 Å². The van der Waals surface area contributed by atoms with E-state index in [2.05, 4.69) is 41.5 Å². The van der Waals surface area contributed by atoms with Crippen molar-refractivity contribution in [3.63, 3.8) is 0 Å². The molecule has 166 valence electrons. The lowest BCUT2D eigenvalue weighted by molar-refractivity contribution is -0.134. The molecule has 1 spiro atoms. The van der Waals surface area contributed by atoms with E-state index in [0.29, 0.717) is 25.4 Å². The largest absolute Gasteiger partial charge is 0.333 e. The first-order chi connectivity index (χ1) is 14.1. The topological polar surface area (TPSA) is 64.7 Å². The van der Waals surface area contributed by atoms with Crippen molar-refractivity contribution in [2.24, 2.45) is 5.92 Å². The number of benzene rings is 1. The highest BCUT2D eigenvalue weighted by molar-refractivity contribution is 5.85. The average Bonchev–Trinajstić information content (AvgIpc) is 2.93. The van der Waals surface area contributed by atoms with Crippen LogP contribution in [0.3, 0.4) is 0 Å². The summed E-state index contributed by atoms with van der Waals surface area (Å²) in [5.41, 5.74) is 0.571. The lowest BCUT2D eigenvalue weighted by Crippen LogP contribution is -2.61. The maximum atomic E-state index is 13.4. The van der Waals surface area contributed by atoms with Gasteiger partial charge in [-0.25, -0.2) is 4.79 Å². The number of urea groups is 1. The lowest BCUT2D eigenvalue weighted by Gasteiger charge is -2.45. The van der Waals surface area contributed by atoms with Crippen molar-refractivity contribution >= 4 is 11.9 Å². The van der Waals surface area contributed by atoms with E-state index in [9.17, 15) is 9.59 Å². The van der Waals surface area contributed by atoms with Crippen molar-refractivity contribution in [1.29, 1.82) is 0 Å². The van der Waals surface area contributed by atoms with Crippen molar-refractivity contribution in [3.05, 3.63) is 35.9 Å². The Morgan fingerprint density at radius 3 is 2.43 bits per heavy atom.